The highest BCUT2D eigenvalue weighted by Gasteiger charge is 2.20. The van der Waals surface area contributed by atoms with Crippen LogP contribution >= 0.6 is 0 Å². The Bertz CT molecular complexity index is 95.7. The van der Waals surface area contributed by atoms with Crippen LogP contribution in [0.2, 0.25) is 0 Å². The maximum atomic E-state index is 5.58. The lowest BCUT2D eigenvalue weighted by atomic mass is 10.1. The van der Waals surface area contributed by atoms with Crippen molar-refractivity contribution < 1.29 is 0 Å². The molecule has 66 valence electrons. The van der Waals surface area contributed by atoms with Gasteiger partial charge in [0.25, 0.3) is 0 Å². The van der Waals surface area contributed by atoms with Gasteiger partial charge in [-0.25, -0.2) is 0 Å². The molecular weight excluding hydrogens is 136 g/mol. The average Bonchev–Trinajstić information content (AvgIpc) is 2.82. The Morgan fingerprint density at radius 1 is 1.55 bits per heavy atom. The Kier molecular flexibility index (Phi) is 3.87. The minimum Gasteiger partial charge on any atom is -0.330 e. The smallest absolute Gasteiger partial charge is 0.000845 e. The standard InChI is InChI=1S/C9H20N2/c1-2-8(5-10)6-11-7-9-3-4-9/h8-9,11H,2-7,10H2,1H3. The quantitative estimate of drug-likeness (QED) is 0.601. The van der Waals surface area contributed by atoms with E-state index in [1.807, 2.05) is 0 Å². The van der Waals surface area contributed by atoms with E-state index in [0.717, 1.165) is 19.0 Å². The molecule has 1 aliphatic rings. The summed E-state index contributed by atoms with van der Waals surface area (Å²) in [5.41, 5.74) is 5.58. The zero-order valence-corrected chi connectivity index (χ0v) is 7.47. The van der Waals surface area contributed by atoms with Crippen molar-refractivity contribution in [3.8, 4) is 0 Å². The lowest BCUT2D eigenvalue weighted by molar-refractivity contribution is 0.465. The Morgan fingerprint density at radius 2 is 2.27 bits per heavy atom. The van der Waals surface area contributed by atoms with Crippen molar-refractivity contribution in [2.45, 2.75) is 26.2 Å². The van der Waals surface area contributed by atoms with Crippen molar-refractivity contribution in [1.29, 1.82) is 0 Å². The molecule has 1 atom stereocenters. The Balaban J connectivity index is 1.90. The van der Waals surface area contributed by atoms with Crippen molar-refractivity contribution >= 4 is 0 Å². The summed E-state index contributed by atoms with van der Waals surface area (Å²) in [7, 11) is 0. The molecule has 0 amide bonds. The molecular formula is C9H20N2. The molecule has 1 saturated carbocycles. The summed E-state index contributed by atoms with van der Waals surface area (Å²) >= 11 is 0. The average molecular weight is 156 g/mol. The predicted molar refractivity (Wildman–Crippen MR) is 48.4 cm³/mol. The molecule has 0 spiro atoms. The zero-order valence-electron chi connectivity index (χ0n) is 7.47. The van der Waals surface area contributed by atoms with E-state index in [2.05, 4.69) is 12.2 Å². The first-order chi connectivity index (χ1) is 5.36. The van der Waals surface area contributed by atoms with Crippen LogP contribution in [-0.4, -0.2) is 19.6 Å². The van der Waals surface area contributed by atoms with Gasteiger partial charge in [-0.1, -0.05) is 13.3 Å². The van der Waals surface area contributed by atoms with E-state index < -0.39 is 0 Å². The minimum atomic E-state index is 0.689. The summed E-state index contributed by atoms with van der Waals surface area (Å²) in [4.78, 5) is 0. The molecule has 0 heterocycles. The van der Waals surface area contributed by atoms with E-state index in [9.17, 15) is 0 Å². The van der Waals surface area contributed by atoms with Gasteiger partial charge in [0.2, 0.25) is 0 Å². The van der Waals surface area contributed by atoms with Crippen LogP contribution in [0, 0.1) is 11.8 Å². The first kappa shape index (κ1) is 9.01. The van der Waals surface area contributed by atoms with Gasteiger partial charge >= 0.3 is 0 Å². The van der Waals surface area contributed by atoms with Crippen LogP contribution < -0.4 is 11.1 Å². The van der Waals surface area contributed by atoms with Crippen molar-refractivity contribution in [1.82, 2.24) is 5.32 Å². The van der Waals surface area contributed by atoms with Gasteiger partial charge < -0.3 is 11.1 Å². The van der Waals surface area contributed by atoms with Crippen molar-refractivity contribution in [3.05, 3.63) is 0 Å². The van der Waals surface area contributed by atoms with Crippen LogP contribution in [0.1, 0.15) is 26.2 Å². The van der Waals surface area contributed by atoms with Crippen LogP contribution in [0.5, 0.6) is 0 Å². The molecule has 2 nitrogen and oxygen atoms in total. The molecule has 11 heavy (non-hydrogen) atoms. The molecule has 0 radical (unpaired) electrons. The third kappa shape index (κ3) is 3.73. The van der Waals surface area contributed by atoms with Crippen LogP contribution in [-0.2, 0) is 0 Å². The van der Waals surface area contributed by atoms with Crippen molar-refractivity contribution in [2.24, 2.45) is 17.6 Å². The van der Waals surface area contributed by atoms with Gasteiger partial charge in [0, 0.05) is 0 Å². The first-order valence-corrected chi connectivity index (χ1v) is 4.77. The monoisotopic (exact) mass is 156 g/mol. The Morgan fingerprint density at radius 3 is 2.73 bits per heavy atom. The fourth-order valence-electron chi connectivity index (χ4n) is 1.21. The van der Waals surface area contributed by atoms with Crippen LogP contribution in [0.25, 0.3) is 0 Å². The molecule has 0 aromatic rings. The fourth-order valence-corrected chi connectivity index (χ4v) is 1.21. The van der Waals surface area contributed by atoms with Gasteiger partial charge in [-0.05, 0) is 44.3 Å². The highest BCUT2D eigenvalue weighted by molar-refractivity contribution is 4.75. The topological polar surface area (TPSA) is 38.0 Å². The molecule has 0 aromatic carbocycles. The van der Waals surface area contributed by atoms with Gasteiger partial charge in [-0.3, -0.25) is 0 Å². The lowest BCUT2D eigenvalue weighted by Crippen LogP contribution is -2.29. The Labute approximate surface area is 69.5 Å². The van der Waals surface area contributed by atoms with E-state index in [1.54, 1.807) is 0 Å². The highest BCUT2D eigenvalue weighted by atomic mass is 14.9. The summed E-state index contributed by atoms with van der Waals surface area (Å²) in [6.07, 6.45) is 4.08. The summed E-state index contributed by atoms with van der Waals surface area (Å²) in [6, 6.07) is 0. The predicted octanol–water partition coefficient (Wildman–Crippen LogP) is 0.971. The van der Waals surface area contributed by atoms with Crippen LogP contribution in [0.3, 0.4) is 0 Å². The SMILES string of the molecule is CCC(CN)CNCC1CC1. The lowest BCUT2D eigenvalue weighted by Gasteiger charge is -2.12. The second kappa shape index (κ2) is 4.73. The van der Waals surface area contributed by atoms with Gasteiger partial charge in [0.05, 0.1) is 0 Å². The summed E-state index contributed by atoms with van der Waals surface area (Å²) in [5.74, 6) is 1.68. The second-order valence-electron chi connectivity index (χ2n) is 3.61. The summed E-state index contributed by atoms with van der Waals surface area (Å²) < 4.78 is 0. The molecule has 0 aromatic heterocycles. The van der Waals surface area contributed by atoms with Gasteiger partial charge in [-0.15, -0.1) is 0 Å². The van der Waals surface area contributed by atoms with E-state index in [1.165, 1.54) is 25.8 Å². The number of nitrogens with one attached hydrogen (secondary N) is 1. The van der Waals surface area contributed by atoms with Gasteiger partial charge in [-0.2, -0.15) is 0 Å². The first-order valence-electron chi connectivity index (χ1n) is 4.77. The van der Waals surface area contributed by atoms with Crippen molar-refractivity contribution in [3.63, 3.8) is 0 Å². The van der Waals surface area contributed by atoms with Gasteiger partial charge in [0.1, 0.15) is 0 Å². The minimum absolute atomic E-state index is 0.689. The van der Waals surface area contributed by atoms with Crippen LogP contribution in [0.4, 0.5) is 0 Å². The maximum Gasteiger partial charge on any atom is -0.000845 e. The van der Waals surface area contributed by atoms with E-state index in [4.69, 9.17) is 5.73 Å². The third-order valence-electron chi connectivity index (χ3n) is 2.47. The fraction of sp³-hybridized carbons (Fsp3) is 1.00. The molecule has 0 saturated heterocycles. The summed E-state index contributed by atoms with van der Waals surface area (Å²) in [5, 5.41) is 3.47. The summed E-state index contributed by atoms with van der Waals surface area (Å²) in [6.45, 7) is 5.37. The van der Waals surface area contributed by atoms with Crippen molar-refractivity contribution in [2.75, 3.05) is 19.6 Å². The van der Waals surface area contributed by atoms with Crippen LogP contribution in [0.15, 0.2) is 0 Å². The highest BCUT2D eigenvalue weighted by Crippen LogP contribution is 2.27. The molecule has 3 N–H and O–H groups in total. The number of hydrogen-bond donors (Lipinski definition) is 2. The molecule has 0 aliphatic heterocycles. The second-order valence-corrected chi connectivity index (χ2v) is 3.61. The molecule has 2 heteroatoms. The third-order valence-corrected chi connectivity index (χ3v) is 2.47. The number of hydrogen-bond acceptors (Lipinski definition) is 2. The molecule has 0 bridgehead atoms. The van der Waals surface area contributed by atoms with E-state index >= 15 is 0 Å². The number of rotatable bonds is 6. The van der Waals surface area contributed by atoms with E-state index in [0.29, 0.717) is 5.92 Å². The number of nitrogens with two attached hydrogens (primary N) is 1. The molecule has 1 aliphatic carbocycles. The Hall–Kier alpha value is -0.0800. The largest absolute Gasteiger partial charge is 0.330 e. The zero-order chi connectivity index (χ0) is 8.10. The van der Waals surface area contributed by atoms with Gasteiger partial charge in [0.15, 0.2) is 0 Å². The molecule has 1 fully saturated rings. The molecule has 1 rings (SSSR count). The maximum absolute atomic E-state index is 5.58. The van der Waals surface area contributed by atoms with E-state index in [-0.39, 0.29) is 0 Å². The molecule has 1 unspecified atom stereocenters. The normalized spacial score (nSPS) is 20.2.